The Kier molecular flexibility index (Phi) is 5.43. The molecule has 29 heavy (non-hydrogen) atoms. The van der Waals surface area contributed by atoms with Crippen molar-refractivity contribution in [1.82, 2.24) is 4.57 Å². The lowest BCUT2D eigenvalue weighted by Crippen LogP contribution is -2.25. The molecule has 3 aromatic rings. The molecule has 0 saturated heterocycles. The zero-order chi connectivity index (χ0) is 20.5. The van der Waals surface area contributed by atoms with Crippen molar-refractivity contribution in [3.05, 3.63) is 64.8 Å². The van der Waals surface area contributed by atoms with E-state index in [1.54, 1.807) is 6.07 Å². The lowest BCUT2D eigenvalue weighted by atomic mass is 10.1. The molecule has 4 N–H and O–H groups in total. The Bertz CT molecular complexity index is 1060. The van der Waals surface area contributed by atoms with Crippen LogP contribution in [0.2, 0.25) is 5.02 Å². The van der Waals surface area contributed by atoms with Gasteiger partial charge in [0.1, 0.15) is 19.0 Å². The normalized spacial score (nSPS) is 19.8. The van der Waals surface area contributed by atoms with Crippen molar-refractivity contribution in [2.45, 2.75) is 38.0 Å². The lowest BCUT2D eigenvalue weighted by molar-refractivity contribution is -0.670. The number of rotatable bonds is 5. The lowest BCUT2D eigenvalue weighted by Gasteiger charge is -2.12. The summed E-state index contributed by atoms with van der Waals surface area (Å²) in [6.07, 6.45) is 8.33. The molecule has 1 saturated carbocycles. The van der Waals surface area contributed by atoms with E-state index in [2.05, 4.69) is 5.16 Å². The van der Waals surface area contributed by atoms with Crippen LogP contribution in [-0.2, 0) is 18.4 Å². The van der Waals surface area contributed by atoms with Crippen LogP contribution in [-0.4, -0.2) is 22.5 Å². The Labute approximate surface area is 173 Å². The second-order valence-corrected chi connectivity index (χ2v) is 8.00. The number of pyridine rings is 1. The Morgan fingerprint density at radius 2 is 2.21 bits per heavy atom. The Morgan fingerprint density at radius 3 is 2.93 bits per heavy atom. The Balaban J connectivity index is 1.55. The molecule has 0 bridgehead atoms. The number of aryl methyl sites for hydroxylation is 1. The number of nitrogens with zero attached hydrogens (tertiary/aromatic N) is 3. The molecule has 1 aromatic carbocycles. The molecule has 6 nitrogen and oxygen atoms in total. The van der Waals surface area contributed by atoms with Crippen LogP contribution in [0.15, 0.2) is 48.0 Å². The first-order valence-corrected chi connectivity index (χ1v) is 9.96. The van der Waals surface area contributed by atoms with E-state index in [0.717, 1.165) is 30.2 Å². The van der Waals surface area contributed by atoms with Crippen LogP contribution < -0.4 is 16.0 Å². The van der Waals surface area contributed by atoms with Gasteiger partial charge in [-0.2, -0.15) is 0 Å². The zero-order valence-electron chi connectivity index (χ0n) is 16.2. The van der Waals surface area contributed by atoms with Crippen molar-refractivity contribution in [2.24, 2.45) is 23.7 Å². The monoisotopic (exact) mass is 416 g/mol. The third kappa shape index (κ3) is 4.21. The minimum absolute atomic E-state index is 0.0491. The molecular weight excluding hydrogens is 393 g/mol. The summed E-state index contributed by atoms with van der Waals surface area (Å²) in [7, 11) is 1.96. The predicted molar refractivity (Wildman–Crippen MR) is 111 cm³/mol. The van der Waals surface area contributed by atoms with E-state index < -0.39 is 5.82 Å². The maximum atomic E-state index is 14.9. The van der Waals surface area contributed by atoms with E-state index in [9.17, 15) is 4.39 Å². The molecule has 1 fully saturated rings. The summed E-state index contributed by atoms with van der Waals surface area (Å²) in [5.41, 5.74) is 13.6. The standard InChI is InChI=1S/C21H24ClFN5O/c1-27-6-5-20-13(11-27)4-7-28(20)12-17-18(22)8-14(9-19(17)23)21(25)26-29-16-3-2-15(24)10-16/h4-9,11,15-16H,2-3,10,12,24H2,1H3,(H2,25,26)/q+1. The number of halogens is 2. The van der Waals surface area contributed by atoms with E-state index in [0.29, 0.717) is 22.7 Å². The van der Waals surface area contributed by atoms with Crippen molar-refractivity contribution < 1.29 is 13.8 Å². The highest BCUT2D eigenvalue weighted by Gasteiger charge is 2.23. The molecule has 0 aliphatic heterocycles. The molecule has 2 unspecified atom stereocenters. The highest BCUT2D eigenvalue weighted by Crippen LogP contribution is 2.25. The number of hydrogen-bond acceptors (Lipinski definition) is 3. The number of fused-ring (bicyclic) bond motifs is 1. The fourth-order valence-corrected chi connectivity index (χ4v) is 3.98. The first-order chi connectivity index (χ1) is 13.9. The Morgan fingerprint density at radius 1 is 1.38 bits per heavy atom. The highest BCUT2D eigenvalue weighted by molar-refractivity contribution is 6.31. The van der Waals surface area contributed by atoms with Gasteiger partial charge in [0.2, 0.25) is 0 Å². The van der Waals surface area contributed by atoms with Crippen LogP contribution in [0.3, 0.4) is 0 Å². The Hall–Kier alpha value is -2.64. The number of amidine groups is 1. The van der Waals surface area contributed by atoms with E-state index in [1.165, 1.54) is 6.07 Å². The topological polar surface area (TPSA) is 82.4 Å². The molecule has 4 rings (SSSR count). The van der Waals surface area contributed by atoms with Gasteiger partial charge in [0, 0.05) is 40.9 Å². The quantitative estimate of drug-likeness (QED) is 0.290. The van der Waals surface area contributed by atoms with Crippen molar-refractivity contribution in [1.29, 1.82) is 0 Å². The summed E-state index contributed by atoms with van der Waals surface area (Å²) in [4.78, 5) is 5.45. The van der Waals surface area contributed by atoms with Crippen molar-refractivity contribution in [3.63, 3.8) is 0 Å². The maximum absolute atomic E-state index is 14.9. The number of aromatic nitrogens is 2. The minimum atomic E-state index is -0.433. The first kappa shape index (κ1) is 19.7. The van der Waals surface area contributed by atoms with Crippen LogP contribution in [0.4, 0.5) is 4.39 Å². The predicted octanol–water partition coefficient (Wildman–Crippen LogP) is 2.82. The summed E-state index contributed by atoms with van der Waals surface area (Å²) in [6.45, 7) is 0.315. The molecule has 2 heterocycles. The van der Waals surface area contributed by atoms with Gasteiger partial charge in [-0.15, -0.1) is 0 Å². The van der Waals surface area contributed by atoms with E-state index in [1.807, 2.05) is 46.9 Å². The molecule has 2 aromatic heterocycles. The van der Waals surface area contributed by atoms with E-state index in [-0.39, 0.29) is 18.0 Å². The van der Waals surface area contributed by atoms with Crippen LogP contribution in [0.1, 0.15) is 30.4 Å². The third-order valence-corrected chi connectivity index (χ3v) is 5.68. The second-order valence-electron chi connectivity index (χ2n) is 7.59. The summed E-state index contributed by atoms with van der Waals surface area (Å²) >= 11 is 6.39. The molecule has 8 heteroatoms. The minimum Gasteiger partial charge on any atom is -0.391 e. The molecule has 0 spiro atoms. The van der Waals surface area contributed by atoms with Gasteiger partial charge in [0.15, 0.2) is 18.2 Å². The fourth-order valence-electron chi connectivity index (χ4n) is 3.72. The van der Waals surface area contributed by atoms with Crippen LogP contribution in [0.25, 0.3) is 10.9 Å². The van der Waals surface area contributed by atoms with Crippen LogP contribution >= 0.6 is 11.6 Å². The molecular formula is C21H24ClFN5O+. The number of benzene rings is 1. The average Bonchev–Trinajstić information content (AvgIpc) is 3.28. The van der Waals surface area contributed by atoms with Gasteiger partial charge in [0.05, 0.1) is 17.4 Å². The molecule has 0 radical (unpaired) electrons. The van der Waals surface area contributed by atoms with Gasteiger partial charge < -0.3 is 20.9 Å². The largest absolute Gasteiger partial charge is 0.391 e. The van der Waals surface area contributed by atoms with Crippen molar-refractivity contribution >= 4 is 28.3 Å². The summed E-state index contributed by atoms with van der Waals surface area (Å²) in [5.74, 6) is -0.339. The van der Waals surface area contributed by atoms with Crippen molar-refractivity contribution in [2.75, 3.05) is 0 Å². The number of oxime groups is 1. The fraction of sp³-hybridized carbons (Fsp3) is 0.333. The smallest absolute Gasteiger partial charge is 0.177 e. The average molecular weight is 417 g/mol. The van der Waals surface area contributed by atoms with Gasteiger partial charge in [-0.05, 0) is 31.0 Å². The highest BCUT2D eigenvalue weighted by atomic mass is 35.5. The SMILES string of the molecule is C[n+]1ccc2c(ccn2Cc2c(F)cc(C(N)=NOC3CCC(N)C3)cc2Cl)c1. The molecule has 0 amide bonds. The molecule has 2 atom stereocenters. The zero-order valence-corrected chi connectivity index (χ0v) is 16.9. The molecule has 1 aliphatic carbocycles. The maximum Gasteiger partial charge on any atom is 0.177 e. The third-order valence-electron chi connectivity index (χ3n) is 5.34. The van der Waals surface area contributed by atoms with Crippen LogP contribution in [0.5, 0.6) is 0 Å². The van der Waals surface area contributed by atoms with Crippen molar-refractivity contribution in [3.8, 4) is 0 Å². The van der Waals surface area contributed by atoms with Gasteiger partial charge >= 0.3 is 0 Å². The van der Waals surface area contributed by atoms with Gasteiger partial charge in [0.25, 0.3) is 0 Å². The van der Waals surface area contributed by atoms with Gasteiger partial charge in [-0.3, -0.25) is 0 Å². The van der Waals surface area contributed by atoms with E-state index in [4.69, 9.17) is 27.9 Å². The van der Waals surface area contributed by atoms with Crippen LogP contribution in [0, 0.1) is 5.82 Å². The van der Waals surface area contributed by atoms with Gasteiger partial charge in [-0.25, -0.2) is 8.96 Å². The van der Waals surface area contributed by atoms with Gasteiger partial charge in [-0.1, -0.05) is 16.8 Å². The molecule has 152 valence electrons. The van der Waals surface area contributed by atoms with E-state index >= 15 is 0 Å². The first-order valence-electron chi connectivity index (χ1n) is 9.58. The number of nitrogens with two attached hydrogens (primary N) is 2. The summed E-state index contributed by atoms with van der Waals surface area (Å²) in [5, 5.41) is 5.32. The second kappa shape index (κ2) is 8.00. The summed E-state index contributed by atoms with van der Waals surface area (Å²) in [6, 6.07) is 7.08. The number of hydrogen-bond donors (Lipinski definition) is 2. The molecule has 1 aliphatic rings. The summed E-state index contributed by atoms with van der Waals surface area (Å²) < 4.78 is 18.8.